The SMILES string of the molecule is CCN(CC)CCN1C(N)=NCC1c1ccc(F)c(Cl)c1. The molecule has 0 spiro atoms. The number of rotatable bonds is 6. The molecule has 1 aromatic rings. The van der Waals surface area contributed by atoms with E-state index in [1.54, 1.807) is 12.1 Å². The van der Waals surface area contributed by atoms with Gasteiger partial charge in [0, 0.05) is 13.1 Å². The quantitative estimate of drug-likeness (QED) is 0.878. The molecule has 0 saturated carbocycles. The molecule has 6 heteroatoms. The highest BCUT2D eigenvalue weighted by Crippen LogP contribution is 2.28. The van der Waals surface area contributed by atoms with E-state index in [4.69, 9.17) is 17.3 Å². The predicted molar refractivity (Wildman–Crippen MR) is 85.1 cm³/mol. The van der Waals surface area contributed by atoms with Crippen molar-refractivity contribution >= 4 is 17.6 Å². The number of hydrogen-bond donors (Lipinski definition) is 1. The zero-order chi connectivity index (χ0) is 15.4. The zero-order valence-corrected chi connectivity index (χ0v) is 13.3. The van der Waals surface area contributed by atoms with E-state index in [9.17, 15) is 4.39 Å². The van der Waals surface area contributed by atoms with E-state index in [-0.39, 0.29) is 11.1 Å². The Morgan fingerprint density at radius 2 is 2.14 bits per heavy atom. The number of nitrogens with two attached hydrogens (primary N) is 1. The highest BCUT2D eigenvalue weighted by Gasteiger charge is 2.27. The van der Waals surface area contributed by atoms with Crippen molar-refractivity contribution in [3.05, 3.63) is 34.6 Å². The van der Waals surface area contributed by atoms with Crippen LogP contribution in [0.15, 0.2) is 23.2 Å². The van der Waals surface area contributed by atoms with Crippen LogP contribution in [0.3, 0.4) is 0 Å². The standard InChI is InChI=1S/C15H22ClFN4/c1-3-20(4-2)7-8-21-14(10-19-15(21)18)11-5-6-13(17)12(16)9-11/h5-6,9,14H,3-4,7-8,10H2,1-2H3,(H2,18,19). The lowest BCUT2D eigenvalue weighted by Gasteiger charge is -2.29. The van der Waals surface area contributed by atoms with Crippen LogP contribution >= 0.6 is 11.6 Å². The minimum absolute atomic E-state index is 0.0404. The summed E-state index contributed by atoms with van der Waals surface area (Å²) >= 11 is 5.88. The van der Waals surface area contributed by atoms with Gasteiger partial charge in [0.15, 0.2) is 5.96 Å². The van der Waals surface area contributed by atoms with Crippen molar-refractivity contribution in [1.82, 2.24) is 9.80 Å². The summed E-state index contributed by atoms with van der Waals surface area (Å²) < 4.78 is 13.3. The molecule has 0 aromatic heterocycles. The summed E-state index contributed by atoms with van der Waals surface area (Å²) in [6.07, 6.45) is 0. The highest BCUT2D eigenvalue weighted by atomic mass is 35.5. The molecule has 116 valence electrons. The van der Waals surface area contributed by atoms with Gasteiger partial charge in [0.2, 0.25) is 0 Å². The van der Waals surface area contributed by atoms with Crippen LogP contribution in [0.4, 0.5) is 4.39 Å². The molecule has 2 N–H and O–H groups in total. The fourth-order valence-corrected chi connectivity index (χ4v) is 2.78. The van der Waals surface area contributed by atoms with E-state index in [1.807, 2.05) is 0 Å². The third-order valence-electron chi connectivity index (χ3n) is 3.98. The first-order valence-electron chi connectivity index (χ1n) is 7.30. The Labute approximate surface area is 130 Å². The highest BCUT2D eigenvalue weighted by molar-refractivity contribution is 6.30. The van der Waals surface area contributed by atoms with Gasteiger partial charge in [-0.15, -0.1) is 0 Å². The van der Waals surface area contributed by atoms with Gasteiger partial charge < -0.3 is 15.5 Å². The van der Waals surface area contributed by atoms with Gasteiger partial charge in [0.05, 0.1) is 17.6 Å². The first-order valence-corrected chi connectivity index (χ1v) is 7.68. The number of hydrogen-bond acceptors (Lipinski definition) is 4. The molecule has 0 aliphatic carbocycles. The number of halogens is 2. The average molecular weight is 313 g/mol. The van der Waals surface area contributed by atoms with Crippen molar-refractivity contribution in [2.24, 2.45) is 10.7 Å². The van der Waals surface area contributed by atoms with E-state index in [2.05, 4.69) is 28.6 Å². The van der Waals surface area contributed by atoms with Crippen molar-refractivity contribution in [2.75, 3.05) is 32.7 Å². The maximum Gasteiger partial charge on any atom is 0.191 e. The normalized spacial score (nSPS) is 18.4. The molecular weight excluding hydrogens is 291 g/mol. The Hall–Kier alpha value is -1.33. The van der Waals surface area contributed by atoms with Crippen LogP contribution in [-0.2, 0) is 0 Å². The number of benzene rings is 1. The van der Waals surface area contributed by atoms with E-state index < -0.39 is 5.82 Å². The molecule has 0 bridgehead atoms. The van der Waals surface area contributed by atoms with Gasteiger partial charge >= 0.3 is 0 Å². The number of likely N-dealkylation sites (N-methyl/N-ethyl adjacent to an activating group) is 1. The van der Waals surface area contributed by atoms with Crippen molar-refractivity contribution in [3.63, 3.8) is 0 Å². The van der Waals surface area contributed by atoms with Gasteiger partial charge in [0.1, 0.15) is 5.82 Å². The first-order chi connectivity index (χ1) is 10.1. The van der Waals surface area contributed by atoms with Crippen LogP contribution < -0.4 is 5.73 Å². The lowest BCUT2D eigenvalue weighted by Crippen LogP contribution is -2.41. The molecule has 1 aromatic carbocycles. The van der Waals surface area contributed by atoms with Gasteiger partial charge in [-0.05, 0) is 30.8 Å². The molecule has 4 nitrogen and oxygen atoms in total. The Morgan fingerprint density at radius 1 is 1.43 bits per heavy atom. The van der Waals surface area contributed by atoms with Gasteiger partial charge in [0.25, 0.3) is 0 Å². The molecule has 1 heterocycles. The third-order valence-corrected chi connectivity index (χ3v) is 4.27. The molecule has 21 heavy (non-hydrogen) atoms. The van der Waals surface area contributed by atoms with Gasteiger partial charge in [-0.25, -0.2) is 4.39 Å². The van der Waals surface area contributed by atoms with Gasteiger partial charge in [-0.3, -0.25) is 4.99 Å². The van der Waals surface area contributed by atoms with Gasteiger partial charge in [-0.1, -0.05) is 31.5 Å². The van der Waals surface area contributed by atoms with Crippen molar-refractivity contribution < 1.29 is 4.39 Å². The molecule has 0 saturated heterocycles. The average Bonchev–Trinajstić information content (AvgIpc) is 2.84. The minimum Gasteiger partial charge on any atom is -0.370 e. The summed E-state index contributed by atoms with van der Waals surface area (Å²) in [5, 5.41) is 0.140. The van der Waals surface area contributed by atoms with Gasteiger partial charge in [-0.2, -0.15) is 0 Å². The van der Waals surface area contributed by atoms with Crippen LogP contribution in [0.2, 0.25) is 5.02 Å². The zero-order valence-electron chi connectivity index (χ0n) is 12.5. The smallest absolute Gasteiger partial charge is 0.191 e. The predicted octanol–water partition coefficient (Wildman–Crippen LogP) is 2.49. The molecule has 0 fully saturated rings. The second kappa shape index (κ2) is 7.09. The largest absolute Gasteiger partial charge is 0.370 e. The van der Waals surface area contributed by atoms with E-state index in [1.165, 1.54) is 6.07 Å². The summed E-state index contributed by atoms with van der Waals surface area (Å²) in [5.74, 6) is 0.148. The number of aliphatic imine (C=N–C) groups is 1. The van der Waals surface area contributed by atoms with Crippen LogP contribution in [0, 0.1) is 5.82 Å². The Morgan fingerprint density at radius 3 is 2.76 bits per heavy atom. The summed E-state index contributed by atoms with van der Waals surface area (Å²) in [4.78, 5) is 8.73. The maximum absolute atomic E-state index is 13.3. The second-order valence-electron chi connectivity index (χ2n) is 5.11. The lowest BCUT2D eigenvalue weighted by atomic mass is 10.1. The Balaban J connectivity index is 2.10. The summed E-state index contributed by atoms with van der Waals surface area (Å²) in [6, 6.07) is 4.86. The molecule has 0 amide bonds. The van der Waals surface area contributed by atoms with E-state index >= 15 is 0 Å². The third kappa shape index (κ3) is 3.66. The first kappa shape index (κ1) is 16.0. The summed E-state index contributed by atoms with van der Waals surface area (Å²) in [5.41, 5.74) is 6.94. The van der Waals surface area contributed by atoms with Crippen molar-refractivity contribution in [3.8, 4) is 0 Å². The molecule has 1 aliphatic heterocycles. The topological polar surface area (TPSA) is 44.9 Å². The molecule has 1 aliphatic rings. The fraction of sp³-hybridized carbons (Fsp3) is 0.533. The molecule has 2 rings (SSSR count). The monoisotopic (exact) mass is 312 g/mol. The minimum atomic E-state index is -0.401. The van der Waals surface area contributed by atoms with E-state index in [0.29, 0.717) is 12.5 Å². The Bertz CT molecular complexity index is 516. The summed E-state index contributed by atoms with van der Waals surface area (Å²) in [7, 11) is 0. The number of guanidine groups is 1. The van der Waals surface area contributed by atoms with Crippen LogP contribution in [0.25, 0.3) is 0 Å². The molecule has 1 unspecified atom stereocenters. The molecular formula is C15H22ClFN4. The Kier molecular flexibility index (Phi) is 5.42. The number of nitrogens with zero attached hydrogens (tertiary/aromatic N) is 3. The summed E-state index contributed by atoms with van der Waals surface area (Å²) in [6.45, 7) is 8.62. The maximum atomic E-state index is 13.3. The van der Waals surface area contributed by atoms with Crippen LogP contribution in [0.5, 0.6) is 0 Å². The lowest BCUT2D eigenvalue weighted by molar-refractivity contribution is 0.248. The van der Waals surface area contributed by atoms with Crippen LogP contribution in [0.1, 0.15) is 25.5 Å². The molecule has 1 atom stereocenters. The van der Waals surface area contributed by atoms with Crippen LogP contribution in [-0.4, -0.2) is 48.5 Å². The molecule has 0 radical (unpaired) electrons. The fourth-order valence-electron chi connectivity index (χ4n) is 2.59. The second-order valence-corrected chi connectivity index (χ2v) is 5.52. The van der Waals surface area contributed by atoms with E-state index in [0.717, 1.165) is 31.7 Å². The van der Waals surface area contributed by atoms with Crippen molar-refractivity contribution in [2.45, 2.75) is 19.9 Å². The van der Waals surface area contributed by atoms with Crippen molar-refractivity contribution in [1.29, 1.82) is 0 Å².